The molecule has 0 bridgehead atoms. The molecule has 0 saturated carbocycles. The number of halogens is 1. The van der Waals surface area contributed by atoms with Crippen molar-refractivity contribution in [1.29, 1.82) is 0 Å². The molecule has 1 saturated heterocycles. The van der Waals surface area contributed by atoms with E-state index in [1.807, 2.05) is 0 Å². The van der Waals surface area contributed by atoms with Gasteiger partial charge in [0.1, 0.15) is 5.82 Å². The summed E-state index contributed by atoms with van der Waals surface area (Å²) in [5.74, 6) is -1.12. The summed E-state index contributed by atoms with van der Waals surface area (Å²) in [5, 5.41) is 5.44. The first-order chi connectivity index (χ1) is 11.1. The molecule has 1 aliphatic rings. The van der Waals surface area contributed by atoms with Gasteiger partial charge >= 0.3 is 6.03 Å². The number of rotatable bonds is 7. The molecule has 1 unspecified atom stereocenters. The van der Waals surface area contributed by atoms with Gasteiger partial charge in [0, 0.05) is 31.4 Å². The quantitative estimate of drug-likeness (QED) is 0.712. The topological polar surface area (TPSA) is 87.5 Å². The Morgan fingerprint density at radius 2 is 2.30 bits per heavy atom. The molecule has 7 heteroatoms. The Hall–Kier alpha value is -2.15. The average molecular weight is 322 g/mol. The highest BCUT2D eigenvalue weighted by Gasteiger charge is 2.23. The van der Waals surface area contributed by atoms with E-state index in [4.69, 9.17) is 5.73 Å². The van der Waals surface area contributed by atoms with Crippen LogP contribution < -0.4 is 21.3 Å². The van der Waals surface area contributed by atoms with Crippen molar-refractivity contribution in [2.24, 2.45) is 5.73 Å². The van der Waals surface area contributed by atoms with E-state index < -0.39 is 11.7 Å². The lowest BCUT2D eigenvalue weighted by atomic mass is 10.1. The van der Waals surface area contributed by atoms with Crippen molar-refractivity contribution in [3.05, 3.63) is 29.6 Å². The zero-order valence-corrected chi connectivity index (χ0v) is 13.3. The van der Waals surface area contributed by atoms with Crippen LogP contribution in [0.1, 0.15) is 36.5 Å². The molecule has 6 nitrogen and oxygen atoms in total. The van der Waals surface area contributed by atoms with Crippen LogP contribution >= 0.6 is 0 Å². The lowest BCUT2D eigenvalue weighted by Crippen LogP contribution is -2.40. The van der Waals surface area contributed by atoms with Gasteiger partial charge in [0.2, 0.25) is 0 Å². The summed E-state index contributed by atoms with van der Waals surface area (Å²) >= 11 is 0. The average Bonchev–Trinajstić information content (AvgIpc) is 2.97. The van der Waals surface area contributed by atoms with Gasteiger partial charge in [-0.2, -0.15) is 0 Å². The molecule has 2 rings (SSSR count). The minimum absolute atomic E-state index is 0.0721. The lowest BCUT2D eigenvalue weighted by molar-refractivity contribution is 0.0931. The number of hydrogen-bond donors (Lipinski definition) is 3. The van der Waals surface area contributed by atoms with Crippen molar-refractivity contribution >= 4 is 17.6 Å². The fraction of sp³-hybridized carbons (Fsp3) is 0.500. The third-order valence-electron chi connectivity index (χ3n) is 3.89. The maximum absolute atomic E-state index is 14.0. The van der Waals surface area contributed by atoms with Crippen molar-refractivity contribution in [2.75, 3.05) is 24.5 Å². The maximum Gasteiger partial charge on any atom is 0.321 e. The van der Waals surface area contributed by atoms with Crippen LogP contribution in [-0.4, -0.2) is 37.6 Å². The van der Waals surface area contributed by atoms with E-state index in [9.17, 15) is 14.0 Å². The summed E-state index contributed by atoms with van der Waals surface area (Å²) in [5.41, 5.74) is 6.09. The molecule has 1 aliphatic heterocycles. The number of hydrogen-bond acceptors (Lipinski definition) is 3. The zero-order valence-electron chi connectivity index (χ0n) is 13.3. The molecule has 1 heterocycles. The summed E-state index contributed by atoms with van der Waals surface area (Å²) in [6.45, 7) is 3.39. The van der Waals surface area contributed by atoms with Crippen LogP contribution in [-0.2, 0) is 0 Å². The zero-order chi connectivity index (χ0) is 16.8. The van der Waals surface area contributed by atoms with Gasteiger partial charge in [-0.1, -0.05) is 19.8 Å². The monoisotopic (exact) mass is 322 g/mol. The summed E-state index contributed by atoms with van der Waals surface area (Å²) in [6.07, 6.45) is 2.70. The van der Waals surface area contributed by atoms with E-state index in [0.29, 0.717) is 25.3 Å². The molecular weight excluding hydrogens is 299 g/mol. The molecule has 3 amide bonds. The Kier molecular flexibility index (Phi) is 5.92. The summed E-state index contributed by atoms with van der Waals surface area (Å²) in [6, 6.07) is 3.68. The van der Waals surface area contributed by atoms with Crippen molar-refractivity contribution in [3.63, 3.8) is 0 Å². The normalized spacial score (nSPS) is 15.4. The first-order valence-electron chi connectivity index (χ1n) is 7.92. The molecule has 4 N–H and O–H groups in total. The van der Waals surface area contributed by atoms with Crippen LogP contribution in [0.15, 0.2) is 18.2 Å². The van der Waals surface area contributed by atoms with Gasteiger partial charge < -0.3 is 16.4 Å². The van der Waals surface area contributed by atoms with E-state index in [0.717, 1.165) is 19.3 Å². The van der Waals surface area contributed by atoms with Gasteiger partial charge in [-0.3, -0.25) is 9.69 Å². The fourth-order valence-corrected chi connectivity index (χ4v) is 2.54. The number of unbranched alkanes of at least 4 members (excludes halogenated alkanes) is 1. The Morgan fingerprint density at radius 1 is 1.52 bits per heavy atom. The second-order valence-corrected chi connectivity index (χ2v) is 5.60. The Morgan fingerprint density at radius 3 is 2.91 bits per heavy atom. The molecular formula is C16H23FN4O2. The number of benzene rings is 1. The Bertz CT molecular complexity index is 579. The van der Waals surface area contributed by atoms with Crippen LogP contribution in [0.2, 0.25) is 0 Å². The predicted octanol–water partition coefficient (Wildman–Crippen LogP) is 1.60. The molecule has 1 atom stereocenters. The van der Waals surface area contributed by atoms with Crippen LogP contribution in [0.5, 0.6) is 0 Å². The molecule has 0 spiro atoms. The number of carbonyl (C=O) groups is 2. The van der Waals surface area contributed by atoms with Gasteiger partial charge in [-0.25, -0.2) is 9.18 Å². The first-order valence-corrected chi connectivity index (χ1v) is 7.92. The van der Waals surface area contributed by atoms with Crippen molar-refractivity contribution < 1.29 is 14.0 Å². The van der Waals surface area contributed by atoms with Gasteiger partial charge in [-0.15, -0.1) is 0 Å². The number of carbonyl (C=O) groups excluding carboxylic acids is 2. The first kappa shape index (κ1) is 17.2. The smallest absolute Gasteiger partial charge is 0.321 e. The van der Waals surface area contributed by atoms with Crippen molar-refractivity contribution in [3.8, 4) is 0 Å². The molecule has 23 heavy (non-hydrogen) atoms. The third-order valence-corrected chi connectivity index (χ3v) is 3.89. The Balaban J connectivity index is 2.14. The molecule has 1 aromatic rings. The number of urea groups is 1. The maximum atomic E-state index is 14.0. The highest BCUT2D eigenvalue weighted by Crippen LogP contribution is 2.20. The van der Waals surface area contributed by atoms with Crippen molar-refractivity contribution in [1.82, 2.24) is 10.6 Å². The van der Waals surface area contributed by atoms with E-state index in [1.54, 1.807) is 0 Å². The van der Waals surface area contributed by atoms with E-state index in [1.165, 1.54) is 23.1 Å². The van der Waals surface area contributed by atoms with E-state index in [2.05, 4.69) is 17.6 Å². The minimum atomic E-state index is -0.614. The van der Waals surface area contributed by atoms with Gasteiger partial charge in [0.15, 0.2) is 0 Å². The van der Waals surface area contributed by atoms with Crippen LogP contribution in [0, 0.1) is 5.82 Å². The van der Waals surface area contributed by atoms with E-state index >= 15 is 0 Å². The number of nitrogens with two attached hydrogens (primary N) is 1. The van der Waals surface area contributed by atoms with E-state index in [-0.39, 0.29) is 17.6 Å². The molecule has 126 valence electrons. The number of amides is 3. The molecule has 0 aromatic heterocycles. The standard InChI is InChI=1S/C16H23FN4O2/c1-2-3-4-11(10-18)20-15(22)13-9-12(5-6-14(13)17)21-8-7-19-16(21)23/h5-6,9,11H,2-4,7-8,10,18H2,1H3,(H,19,23)(H,20,22). The van der Waals surface area contributed by atoms with Gasteiger partial charge in [-0.05, 0) is 24.6 Å². The molecule has 1 aromatic carbocycles. The molecule has 0 aliphatic carbocycles. The van der Waals surface area contributed by atoms with Crippen LogP contribution in [0.25, 0.3) is 0 Å². The summed E-state index contributed by atoms with van der Waals surface area (Å²) in [4.78, 5) is 25.5. The van der Waals surface area contributed by atoms with Crippen LogP contribution in [0.3, 0.4) is 0 Å². The molecule has 0 radical (unpaired) electrons. The highest BCUT2D eigenvalue weighted by atomic mass is 19.1. The largest absolute Gasteiger partial charge is 0.348 e. The second-order valence-electron chi connectivity index (χ2n) is 5.60. The van der Waals surface area contributed by atoms with Crippen LogP contribution in [0.4, 0.5) is 14.9 Å². The number of anilines is 1. The minimum Gasteiger partial charge on any atom is -0.348 e. The Labute approximate surface area is 135 Å². The highest BCUT2D eigenvalue weighted by molar-refractivity contribution is 5.98. The number of nitrogens with one attached hydrogen (secondary N) is 2. The summed E-state index contributed by atoms with van der Waals surface area (Å²) < 4.78 is 14.0. The summed E-state index contributed by atoms with van der Waals surface area (Å²) in [7, 11) is 0. The molecule has 1 fully saturated rings. The lowest BCUT2D eigenvalue weighted by Gasteiger charge is -2.18. The predicted molar refractivity (Wildman–Crippen MR) is 87.0 cm³/mol. The van der Waals surface area contributed by atoms with Gasteiger partial charge in [0.05, 0.1) is 5.56 Å². The number of nitrogens with zero attached hydrogens (tertiary/aromatic N) is 1. The fourth-order valence-electron chi connectivity index (χ4n) is 2.54. The van der Waals surface area contributed by atoms with Crippen molar-refractivity contribution in [2.45, 2.75) is 32.2 Å². The second kappa shape index (κ2) is 7.92. The van der Waals surface area contributed by atoms with Gasteiger partial charge in [0.25, 0.3) is 5.91 Å². The SMILES string of the molecule is CCCCC(CN)NC(=O)c1cc(N2CCNC2=O)ccc1F. The third kappa shape index (κ3) is 4.19.